The first kappa shape index (κ1) is 9.40. The van der Waals surface area contributed by atoms with E-state index in [1.165, 1.54) is 6.08 Å². The first-order valence-electron chi connectivity index (χ1n) is 3.13. The molecule has 0 spiro atoms. The van der Waals surface area contributed by atoms with Crippen molar-refractivity contribution < 1.29 is 20.4 Å². The largest absolute Gasteiger partial charge is 0.387 e. The Morgan fingerprint density at radius 1 is 1.09 bits per heavy atom. The van der Waals surface area contributed by atoms with Crippen LogP contribution in [0.3, 0.4) is 0 Å². The van der Waals surface area contributed by atoms with E-state index in [0.29, 0.717) is 3.58 Å². The average molecular weight is 272 g/mol. The number of rotatable bonds is 0. The molecule has 5 heteroatoms. The summed E-state index contributed by atoms with van der Waals surface area (Å²) < 4.78 is 0.452. The van der Waals surface area contributed by atoms with Crippen molar-refractivity contribution in [1.82, 2.24) is 0 Å². The normalized spacial score (nSPS) is 45.4. The molecule has 1 aliphatic rings. The Kier molecular flexibility index (Phi) is 2.87. The summed E-state index contributed by atoms with van der Waals surface area (Å²) in [4.78, 5) is 0. The van der Waals surface area contributed by atoms with Crippen LogP contribution in [-0.2, 0) is 0 Å². The quantitative estimate of drug-likeness (QED) is 0.416. The van der Waals surface area contributed by atoms with E-state index in [2.05, 4.69) is 0 Å². The van der Waals surface area contributed by atoms with Gasteiger partial charge in [0, 0.05) is 3.58 Å². The van der Waals surface area contributed by atoms with Crippen molar-refractivity contribution in [2.75, 3.05) is 0 Å². The van der Waals surface area contributed by atoms with Crippen molar-refractivity contribution in [2.45, 2.75) is 24.4 Å². The molecule has 0 bridgehead atoms. The van der Waals surface area contributed by atoms with E-state index in [1.54, 1.807) is 22.6 Å². The second kappa shape index (κ2) is 3.36. The van der Waals surface area contributed by atoms with Gasteiger partial charge in [-0.25, -0.2) is 0 Å². The van der Waals surface area contributed by atoms with Crippen LogP contribution in [0.2, 0.25) is 0 Å². The number of halogens is 1. The van der Waals surface area contributed by atoms with Crippen LogP contribution in [-0.4, -0.2) is 44.8 Å². The first-order valence-corrected chi connectivity index (χ1v) is 4.21. The van der Waals surface area contributed by atoms with Gasteiger partial charge >= 0.3 is 0 Å². The molecule has 0 aromatic carbocycles. The number of aliphatic hydroxyl groups excluding tert-OH is 4. The molecule has 4 atom stereocenters. The molecule has 0 saturated carbocycles. The van der Waals surface area contributed by atoms with Crippen LogP contribution in [0.1, 0.15) is 0 Å². The molecular formula is C6H9IO4. The van der Waals surface area contributed by atoms with Crippen molar-refractivity contribution in [1.29, 1.82) is 0 Å². The van der Waals surface area contributed by atoms with E-state index >= 15 is 0 Å². The van der Waals surface area contributed by atoms with Crippen LogP contribution in [0.15, 0.2) is 9.66 Å². The molecule has 0 heterocycles. The molecule has 4 N–H and O–H groups in total. The third kappa shape index (κ3) is 1.73. The Bertz CT molecular complexity index is 181. The molecule has 0 saturated heterocycles. The molecule has 64 valence electrons. The van der Waals surface area contributed by atoms with Gasteiger partial charge in [0.1, 0.15) is 24.4 Å². The van der Waals surface area contributed by atoms with Gasteiger partial charge in [-0.2, -0.15) is 0 Å². The van der Waals surface area contributed by atoms with Gasteiger partial charge in [0.15, 0.2) is 0 Å². The molecule has 0 unspecified atom stereocenters. The van der Waals surface area contributed by atoms with Gasteiger partial charge in [0.05, 0.1) is 0 Å². The van der Waals surface area contributed by atoms with Crippen LogP contribution in [0.5, 0.6) is 0 Å². The zero-order valence-corrected chi connectivity index (χ0v) is 7.71. The standard InChI is InChI=1S/C6H9IO4/c7-2-1-3(8)5(10)6(11)4(2)9/h1,3-6,8-11H/t3-,4+,5-,6+/m0/s1. The molecule has 0 aliphatic heterocycles. The number of hydrogen-bond acceptors (Lipinski definition) is 4. The minimum atomic E-state index is -1.29. The van der Waals surface area contributed by atoms with Gasteiger partial charge in [-0.3, -0.25) is 0 Å². The third-order valence-electron chi connectivity index (χ3n) is 1.64. The Morgan fingerprint density at radius 3 is 2.18 bits per heavy atom. The van der Waals surface area contributed by atoms with Crippen LogP contribution in [0, 0.1) is 0 Å². The smallest absolute Gasteiger partial charge is 0.113 e. The van der Waals surface area contributed by atoms with E-state index in [9.17, 15) is 0 Å². The molecule has 0 radical (unpaired) electrons. The summed E-state index contributed by atoms with van der Waals surface area (Å²) in [5.74, 6) is 0. The van der Waals surface area contributed by atoms with E-state index < -0.39 is 24.4 Å². The summed E-state index contributed by atoms with van der Waals surface area (Å²) in [6.07, 6.45) is -3.41. The number of aliphatic hydroxyl groups is 4. The predicted molar refractivity (Wildman–Crippen MR) is 46.1 cm³/mol. The van der Waals surface area contributed by atoms with Gasteiger partial charge in [-0.15, -0.1) is 0 Å². The molecule has 0 aromatic heterocycles. The number of hydrogen-bond donors (Lipinski definition) is 4. The lowest BCUT2D eigenvalue weighted by Gasteiger charge is -2.29. The molecular weight excluding hydrogens is 263 g/mol. The average Bonchev–Trinajstić information content (AvgIpc) is 1.97. The molecule has 0 aromatic rings. The van der Waals surface area contributed by atoms with Crippen LogP contribution < -0.4 is 0 Å². The minimum Gasteiger partial charge on any atom is -0.387 e. The topological polar surface area (TPSA) is 80.9 Å². The van der Waals surface area contributed by atoms with Crippen molar-refractivity contribution in [3.8, 4) is 0 Å². The fourth-order valence-corrected chi connectivity index (χ4v) is 1.65. The summed E-state index contributed by atoms with van der Waals surface area (Å²) in [6.45, 7) is 0. The van der Waals surface area contributed by atoms with Gasteiger partial charge in [0.2, 0.25) is 0 Å². The van der Waals surface area contributed by atoms with Gasteiger partial charge in [-0.1, -0.05) is 0 Å². The summed E-state index contributed by atoms with van der Waals surface area (Å²) in [7, 11) is 0. The van der Waals surface area contributed by atoms with Crippen molar-refractivity contribution >= 4 is 22.6 Å². The van der Waals surface area contributed by atoms with Gasteiger partial charge < -0.3 is 20.4 Å². The van der Waals surface area contributed by atoms with Gasteiger partial charge in [0.25, 0.3) is 0 Å². The highest BCUT2D eigenvalue weighted by Crippen LogP contribution is 2.24. The molecule has 11 heavy (non-hydrogen) atoms. The van der Waals surface area contributed by atoms with Gasteiger partial charge in [-0.05, 0) is 28.7 Å². The lowest BCUT2D eigenvalue weighted by Crippen LogP contribution is -2.47. The second-order valence-electron chi connectivity index (χ2n) is 2.47. The fraction of sp³-hybridized carbons (Fsp3) is 0.667. The fourth-order valence-electron chi connectivity index (χ4n) is 0.912. The predicted octanol–water partition coefficient (Wildman–Crippen LogP) is -1.24. The third-order valence-corrected chi connectivity index (χ3v) is 2.63. The lowest BCUT2D eigenvalue weighted by atomic mass is 9.96. The highest BCUT2D eigenvalue weighted by molar-refractivity contribution is 14.1. The summed E-state index contributed by atoms with van der Waals surface area (Å²) in [6, 6.07) is 0. The Morgan fingerprint density at radius 2 is 1.64 bits per heavy atom. The second-order valence-corrected chi connectivity index (χ2v) is 3.71. The van der Waals surface area contributed by atoms with E-state index in [1.807, 2.05) is 0 Å². The summed E-state index contributed by atoms with van der Waals surface area (Å²) in [5, 5.41) is 36.3. The first-order chi connectivity index (χ1) is 5.04. The molecule has 1 aliphatic carbocycles. The molecule has 4 nitrogen and oxygen atoms in total. The maximum absolute atomic E-state index is 9.14. The zero-order valence-electron chi connectivity index (χ0n) is 5.55. The molecule has 0 fully saturated rings. The highest BCUT2D eigenvalue weighted by Gasteiger charge is 2.35. The molecule has 1 rings (SSSR count). The maximum atomic E-state index is 9.14. The van der Waals surface area contributed by atoms with E-state index in [4.69, 9.17) is 20.4 Å². The monoisotopic (exact) mass is 272 g/mol. The van der Waals surface area contributed by atoms with E-state index in [-0.39, 0.29) is 0 Å². The molecule has 0 amide bonds. The highest BCUT2D eigenvalue weighted by atomic mass is 127. The summed E-state index contributed by atoms with van der Waals surface area (Å²) >= 11 is 1.80. The van der Waals surface area contributed by atoms with Crippen molar-refractivity contribution in [3.05, 3.63) is 9.66 Å². The maximum Gasteiger partial charge on any atom is 0.113 e. The van der Waals surface area contributed by atoms with E-state index in [0.717, 1.165) is 0 Å². The Balaban J connectivity index is 2.83. The zero-order chi connectivity index (χ0) is 8.59. The van der Waals surface area contributed by atoms with Crippen LogP contribution >= 0.6 is 22.6 Å². The summed E-state index contributed by atoms with van der Waals surface area (Å²) in [5.41, 5.74) is 0. The van der Waals surface area contributed by atoms with Crippen molar-refractivity contribution in [3.63, 3.8) is 0 Å². The minimum absolute atomic E-state index is 0.452. The van der Waals surface area contributed by atoms with Crippen LogP contribution in [0.4, 0.5) is 0 Å². The lowest BCUT2D eigenvalue weighted by molar-refractivity contribution is -0.0890. The van der Waals surface area contributed by atoms with Crippen LogP contribution in [0.25, 0.3) is 0 Å². The Hall–Kier alpha value is 0.310. The SMILES string of the molecule is O[C@@H]1[C@H](O)[C@H](O)C(I)=C[C@@H]1O. The Labute approximate surface area is 77.3 Å². The van der Waals surface area contributed by atoms with Crippen molar-refractivity contribution in [2.24, 2.45) is 0 Å².